The van der Waals surface area contributed by atoms with Gasteiger partial charge in [-0.15, -0.1) is 0 Å². The number of pyridine rings is 2. The summed E-state index contributed by atoms with van der Waals surface area (Å²) in [6.45, 7) is 33.8. The lowest BCUT2D eigenvalue weighted by atomic mass is 9.77. The maximum absolute atomic E-state index is 13.0. The Morgan fingerprint density at radius 3 is 1.26 bits per heavy atom. The van der Waals surface area contributed by atoms with E-state index in [1.54, 1.807) is 12.1 Å². The molecule has 6 nitrogen and oxygen atoms in total. The SMILES string of the molecule is CC(C)=CC(CC(C)(C)c1ccc(C)cc1)N1CCC(c2ccncc2)CC1.CC(C)=CC(CC(C)(C)c1ccc(Cl)cc1)N1CCC(c2ccncc2)CC1.CC(CC(C)(C)c1ccc(F)cc1)N1CCC(O)CC1. The van der Waals surface area contributed by atoms with Crippen LogP contribution in [0, 0.1) is 12.7 Å². The summed E-state index contributed by atoms with van der Waals surface area (Å²) in [5, 5.41) is 10.4. The van der Waals surface area contributed by atoms with Gasteiger partial charge in [0.05, 0.1) is 6.10 Å². The zero-order valence-electron chi connectivity index (χ0n) is 48.7. The number of aromatic nitrogens is 2. The maximum Gasteiger partial charge on any atom is 0.123 e. The zero-order chi connectivity index (χ0) is 55.0. The van der Waals surface area contributed by atoms with Gasteiger partial charge < -0.3 is 10.0 Å². The van der Waals surface area contributed by atoms with Gasteiger partial charge in [-0.2, -0.15) is 0 Å². The Labute approximate surface area is 465 Å². The molecule has 3 unspecified atom stereocenters. The normalized spacial score (nSPS) is 18.0. The van der Waals surface area contributed by atoms with E-state index in [2.05, 4.69) is 181 Å². The fourth-order valence-corrected chi connectivity index (χ4v) is 12.3. The zero-order valence-corrected chi connectivity index (χ0v) is 49.5. The Balaban J connectivity index is 0.000000188. The van der Waals surface area contributed by atoms with Gasteiger partial charge >= 0.3 is 0 Å². The van der Waals surface area contributed by atoms with Crippen molar-refractivity contribution in [2.75, 3.05) is 39.3 Å². The smallest absolute Gasteiger partial charge is 0.123 e. The second-order valence-electron chi connectivity index (χ2n) is 25.1. The van der Waals surface area contributed by atoms with E-state index >= 15 is 0 Å². The third-order valence-electron chi connectivity index (χ3n) is 16.9. The highest BCUT2D eigenvalue weighted by molar-refractivity contribution is 6.30. The van der Waals surface area contributed by atoms with Crippen molar-refractivity contribution in [1.29, 1.82) is 0 Å². The minimum absolute atomic E-state index is 0.0309. The number of nitrogens with zero attached hydrogens (tertiary/aromatic N) is 5. The first-order chi connectivity index (χ1) is 36.1. The van der Waals surface area contributed by atoms with Crippen molar-refractivity contribution in [3.63, 3.8) is 0 Å². The number of rotatable bonds is 16. The first-order valence-corrected chi connectivity index (χ1v) is 29.1. The molecule has 76 heavy (non-hydrogen) atoms. The number of aryl methyl sites for hydroxylation is 1. The van der Waals surface area contributed by atoms with E-state index in [-0.39, 0.29) is 28.2 Å². The summed E-state index contributed by atoms with van der Waals surface area (Å²) in [5.74, 6) is 1.16. The highest BCUT2D eigenvalue weighted by Gasteiger charge is 2.33. The molecule has 3 saturated heterocycles. The second kappa shape index (κ2) is 28.4. The van der Waals surface area contributed by atoms with Crippen LogP contribution in [0.25, 0.3) is 0 Å². The summed E-state index contributed by atoms with van der Waals surface area (Å²) in [6.07, 6.45) is 22.5. The van der Waals surface area contributed by atoms with Crippen LogP contribution in [0.1, 0.15) is 179 Å². The fraction of sp³-hybridized carbons (Fsp3) is 0.529. The van der Waals surface area contributed by atoms with Gasteiger partial charge in [-0.05, 0) is 230 Å². The first kappa shape index (κ1) is 60.7. The molecule has 3 aromatic carbocycles. The van der Waals surface area contributed by atoms with E-state index in [1.165, 1.54) is 83.3 Å². The number of likely N-dealkylation sites (tertiary alicyclic amines) is 3. The lowest BCUT2D eigenvalue weighted by Crippen LogP contribution is -2.43. The van der Waals surface area contributed by atoms with Crippen LogP contribution >= 0.6 is 11.6 Å². The monoisotopic (exact) mass is 1050 g/mol. The second-order valence-corrected chi connectivity index (χ2v) is 25.5. The molecule has 0 aliphatic carbocycles. The van der Waals surface area contributed by atoms with Crippen LogP contribution in [0.15, 0.2) is 145 Å². The number of halogens is 2. The van der Waals surface area contributed by atoms with Crippen molar-refractivity contribution in [1.82, 2.24) is 24.7 Å². The van der Waals surface area contributed by atoms with Gasteiger partial charge in [0.25, 0.3) is 0 Å². The summed E-state index contributed by atoms with van der Waals surface area (Å²) >= 11 is 6.10. The molecule has 3 fully saturated rings. The lowest BCUT2D eigenvalue weighted by molar-refractivity contribution is 0.0580. The number of hydrogen-bond donors (Lipinski definition) is 1. The Morgan fingerprint density at radius 2 is 0.882 bits per heavy atom. The average molecular weight is 1050 g/mol. The molecule has 0 radical (unpaired) electrons. The van der Waals surface area contributed by atoms with Gasteiger partial charge in [-0.3, -0.25) is 19.8 Å². The van der Waals surface area contributed by atoms with E-state index in [0.29, 0.717) is 30.0 Å². The Hall–Kier alpha value is -4.50. The van der Waals surface area contributed by atoms with Crippen molar-refractivity contribution in [2.24, 2.45) is 0 Å². The molecule has 8 rings (SSSR count). The van der Waals surface area contributed by atoms with Crippen LogP contribution in [0.5, 0.6) is 0 Å². The third kappa shape index (κ3) is 18.6. The number of aliphatic hydroxyl groups excluding tert-OH is 1. The van der Waals surface area contributed by atoms with Gasteiger partial charge in [0.15, 0.2) is 0 Å². The molecular formula is C68H95ClFN5O. The number of piperidine rings is 3. The van der Waals surface area contributed by atoms with E-state index in [9.17, 15) is 9.50 Å². The average Bonchev–Trinajstić information content (AvgIpc) is 3.40. The standard InChI is InChI=1S/C26H36N2.C25H33ClN2.C17H26FNO/c1-20(2)18-25(19-26(4,5)24-8-6-21(3)7-9-24)28-16-12-23(13-17-28)22-10-14-27-15-11-22;1-19(2)17-24(18-25(3,4)22-5-7-23(26)8-6-22)28-15-11-21(12-16-28)20-9-13-27-14-10-20;1-13(19-10-8-16(20)9-11-19)12-17(2,3)14-4-6-15(18)7-5-14/h6-11,14-15,18,23,25H,12-13,16-17,19H2,1-5H3;5-10,13-14,17,21,24H,11-12,15-16,18H2,1-4H3;4-7,13,16,20H,8-12H2,1-3H3. The molecule has 0 spiro atoms. The van der Waals surface area contributed by atoms with Gasteiger partial charge in [0.1, 0.15) is 5.82 Å². The van der Waals surface area contributed by atoms with Gasteiger partial charge in [0, 0.05) is 61.0 Å². The summed E-state index contributed by atoms with van der Waals surface area (Å²) in [4.78, 5) is 16.2. The predicted molar refractivity (Wildman–Crippen MR) is 320 cm³/mol. The molecule has 1 N–H and O–H groups in total. The number of aliphatic hydroxyl groups is 1. The molecule has 3 atom stereocenters. The largest absolute Gasteiger partial charge is 0.393 e. The molecule has 5 heterocycles. The van der Waals surface area contributed by atoms with Crippen molar-refractivity contribution < 1.29 is 9.50 Å². The van der Waals surface area contributed by atoms with E-state index in [0.717, 1.165) is 63.3 Å². The third-order valence-corrected chi connectivity index (χ3v) is 17.1. The molecule has 0 bridgehead atoms. The molecule has 412 valence electrons. The van der Waals surface area contributed by atoms with Crippen LogP contribution < -0.4 is 0 Å². The summed E-state index contributed by atoms with van der Waals surface area (Å²) < 4.78 is 13.0. The molecule has 5 aromatic rings. The predicted octanol–water partition coefficient (Wildman–Crippen LogP) is 16.2. The van der Waals surface area contributed by atoms with Crippen LogP contribution in [-0.2, 0) is 16.2 Å². The molecular weight excluding hydrogens is 957 g/mol. The van der Waals surface area contributed by atoms with Crippen LogP contribution in [0.3, 0.4) is 0 Å². The minimum atomic E-state index is -0.178. The summed E-state index contributed by atoms with van der Waals surface area (Å²) in [7, 11) is 0. The molecule has 0 saturated carbocycles. The maximum atomic E-state index is 13.0. The number of allylic oxidation sites excluding steroid dienone is 2. The highest BCUT2D eigenvalue weighted by atomic mass is 35.5. The minimum Gasteiger partial charge on any atom is -0.393 e. The van der Waals surface area contributed by atoms with Gasteiger partial charge in [-0.1, -0.05) is 131 Å². The first-order valence-electron chi connectivity index (χ1n) is 28.7. The van der Waals surface area contributed by atoms with Crippen LogP contribution in [-0.4, -0.2) is 93.3 Å². The van der Waals surface area contributed by atoms with E-state index < -0.39 is 0 Å². The van der Waals surface area contributed by atoms with Crippen LogP contribution in [0.2, 0.25) is 5.02 Å². The molecule has 2 aromatic heterocycles. The van der Waals surface area contributed by atoms with Crippen molar-refractivity contribution >= 4 is 11.6 Å². The molecule has 0 amide bonds. The number of hydrogen-bond acceptors (Lipinski definition) is 6. The quantitative estimate of drug-likeness (QED) is 0.0994. The highest BCUT2D eigenvalue weighted by Crippen LogP contribution is 2.37. The van der Waals surface area contributed by atoms with Gasteiger partial charge in [-0.25, -0.2) is 4.39 Å². The summed E-state index contributed by atoms with van der Waals surface area (Å²) in [6, 6.07) is 34.5. The van der Waals surface area contributed by atoms with Crippen molar-refractivity contribution in [3.05, 3.63) is 189 Å². The Kier molecular flexibility index (Phi) is 22.7. The fourth-order valence-electron chi connectivity index (χ4n) is 12.2. The molecule has 8 heteroatoms. The van der Waals surface area contributed by atoms with Crippen molar-refractivity contribution in [2.45, 2.75) is 193 Å². The van der Waals surface area contributed by atoms with Crippen LogP contribution in [0.4, 0.5) is 4.39 Å². The Bertz CT molecular complexity index is 2370. The lowest BCUT2D eigenvalue weighted by Gasteiger charge is -2.40. The molecule has 3 aliphatic heterocycles. The van der Waals surface area contributed by atoms with E-state index in [4.69, 9.17) is 11.6 Å². The number of benzene rings is 3. The van der Waals surface area contributed by atoms with Gasteiger partial charge in [0.2, 0.25) is 0 Å². The summed E-state index contributed by atoms with van der Waals surface area (Å²) in [5.41, 5.74) is 11.3. The van der Waals surface area contributed by atoms with E-state index in [1.807, 2.05) is 49.1 Å². The molecule has 3 aliphatic rings. The Morgan fingerprint density at radius 1 is 0.539 bits per heavy atom. The topological polar surface area (TPSA) is 55.7 Å². The van der Waals surface area contributed by atoms with Crippen molar-refractivity contribution in [3.8, 4) is 0 Å².